The smallest absolute Gasteiger partial charge is 0.160 e. The van der Waals surface area contributed by atoms with Crippen LogP contribution in [0.3, 0.4) is 0 Å². The number of rotatable bonds is 10. The summed E-state index contributed by atoms with van der Waals surface area (Å²) < 4.78 is 13.8. The fraction of sp³-hybridized carbons (Fsp3) is 0.440. The summed E-state index contributed by atoms with van der Waals surface area (Å²) in [5.41, 5.74) is 2.20. The van der Waals surface area contributed by atoms with Gasteiger partial charge in [0, 0.05) is 26.2 Å². The Hall–Kier alpha value is -2.44. The fourth-order valence-corrected chi connectivity index (χ4v) is 4.23. The third-order valence-corrected chi connectivity index (χ3v) is 7.43. The zero-order valence-electron chi connectivity index (χ0n) is 18.9. The average molecular weight is 436 g/mol. The molecule has 1 heterocycles. The Morgan fingerprint density at radius 1 is 1.00 bits per heavy atom. The Kier molecular flexibility index (Phi) is 6.88. The van der Waals surface area contributed by atoms with Gasteiger partial charge in [0.25, 0.3) is 0 Å². The maximum atomic E-state index is 5.98. The maximum absolute atomic E-state index is 5.98. The number of nitrogens with zero attached hydrogens (tertiary/aromatic N) is 3. The third-order valence-electron chi connectivity index (χ3n) is 5.73. The lowest BCUT2D eigenvalue weighted by Gasteiger charge is -2.21. The van der Waals surface area contributed by atoms with E-state index in [9.17, 15) is 0 Å². The molecule has 0 unspecified atom stereocenters. The lowest BCUT2D eigenvalue weighted by molar-refractivity contribution is 0.0791. The quantitative estimate of drug-likeness (QED) is 0.285. The Bertz CT molecular complexity index is 961. The van der Waals surface area contributed by atoms with Gasteiger partial charge in [0.1, 0.15) is 19.1 Å². The van der Waals surface area contributed by atoms with Gasteiger partial charge >= 0.3 is 0 Å². The summed E-state index contributed by atoms with van der Waals surface area (Å²) in [5, 5.41) is 4.80. The maximum Gasteiger partial charge on any atom is 0.160 e. The molecular formula is C25H33N3O2Si. The molecule has 0 saturated heterocycles. The molecule has 3 aromatic rings. The van der Waals surface area contributed by atoms with Crippen LogP contribution in [0.1, 0.15) is 36.6 Å². The van der Waals surface area contributed by atoms with Crippen LogP contribution in [0.5, 0.6) is 5.75 Å². The summed E-state index contributed by atoms with van der Waals surface area (Å²) in [4.78, 5) is 4.89. The van der Waals surface area contributed by atoms with Crippen LogP contribution in [0.4, 0.5) is 0 Å². The molecule has 4 rings (SSSR count). The van der Waals surface area contributed by atoms with E-state index in [0.29, 0.717) is 19.3 Å². The van der Waals surface area contributed by atoms with E-state index >= 15 is 0 Å². The lowest BCUT2D eigenvalue weighted by atomic mass is 9.85. The molecule has 0 N–H and O–H groups in total. The minimum Gasteiger partial charge on any atom is -0.489 e. The Morgan fingerprint density at radius 2 is 1.74 bits per heavy atom. The highest BCUT2D eigenvalue weighted by atomic mass is 28.3. The van der Waals surface area contributed by atoms with Crippen LogP contribution in [0, 0.1) is 0 Å². The number of hydrogen-bond acceptors (Lipinski definition) is 4. The molecule has 6 heteroatoms. The van der Waals surface area contributed by atoms with Crippen molar-refractivity contribution < 1.29 is 9.47 Å². The second-order valence-corrected chi connectivity index (χ2v) is 15.2. The Balaban J connectivity index is 1.44. The molecule has 0 bridgehead atoms. The summed E-state index contributed by atoms with van der Waals surface area (Å²) in [6, 6.07) is 19.5. The molecule has 1 aliphatic carbocycles. The van der Waals surface area contributed by atoms with Gasteiger partial charge in [-0.15, -0.1) is 0 Å². The molecule has 0 radical (unpaired) electrons. The topological polar surface area (TPSA) is 49.2 Å². The first kappa shape index (κ1) is 21.8. The zero-order valence-corrected chi connectivity index (χ0v) is 19.9. The highest BCUT2D eigenvalue weighted by Crippen LogP contribution is 2.35. The van der Waals surface area contributed by atoms with Crippen molar-refractivity contribution in [1.82, 2.24) is 14.8 Å². The van der Waals surface area contributed by atoms with Crippen molar-refractivity contribution in [3.05, 3.63) is 66.0 Å². The highest BCUT2D eigenvalue weighted by Gasteiger charge is 2.25. The molecule has 0 spiro atoms. The van der Waals surface area contributed by atoms with Crippen molar-refractivity contribution in [1.29, 1.82) is 0 Å². The lowest BCUT2D eigenvalue weighted by Crippen LogP contribution is -2.22. The zero-order chi connectivity index (χ0) is 21.7. The van der Waals surface area contributed by atoms with Crippen molar-refractivity contribution in [3.63, 3.8) is 0 Å². The van der Waals surface area contributed by atoms with Gasteiger partial charge in [-0.2, -0.15) is 5.10 Å². The monoisotopic (exact) mass is 435 g/mol. The molecule has 1 aromatic heterocycles. The minimum atomic E-state index is -1.11. The predicted molar refractivity (Wildman–Crippen MR) is 127 cm³/mol. The van der Waals surface area contributed by atoms with E-state index < -0.39 is 8.07 Å². The second-order valence-electron chi connectivity index (χ2n) is 9.57. The van der Waals surface area contributed by atoms with E-state index in [1.165, 1.54) is 19.3 Å². The number of benzene rings is 2. The van der Waals surface area contributed by atoms with Gasteiger partial charge in [-0.3, -0.25) is 0 Å². The van der Waals surface area contributed by atoms with Crippen molar-refractivity contribution in [2.75, 3.05) is 6.61 Å². The molecule has 31 heavy (non-hydrogen) atoms. The van der Waals surface area contributed by atoms with Gasteiger partial charge in [-0.05, 0) is 48.7 Å². The molecule has 0 amide bonds. The van der Waals surface area contributed by atoms with Gasteiger partial charge < -0.3 is 9.47 Å². The highest BCUT2D eigenvalue weighted by molar-refractivity contribution is 6.76. The molecule has 1 fully saturated rings. The van der Waals surface area contributed by atoms with Gasteiger partial charge in [-0.25, -0.2) is 9.67 Å². The van der Waals surface area contributed by atoms with Gasteiger partial charge in [0.05, 0.1) is 0 Å². The standard InChI is InChI=1S/C25H33N3O2Si/c1-31(2,3)17-16-29-19-28-25(26-24(27-28)21-10-7-11-21)22-12-14-23(15-13-22)30-18-20-8-5-4-6-9-20/h4-6,8-9,12-15,21H,7,10-11,16-19H2,1-3H3. The summed E-state index contributed by atoms with van der Waals surface area (Å²) in [6.07, 6.45) is 3.65. The molecule has 164 valence electrons. The fourth-order valence-electron chi connectivity index (χ4n) is 3.47. The summed E-state index contributed by atoms with van der Waals surface area (Å²) in [7, 11) is -1.11. The van der Waals surface area contributed by atoms with Gasteiger partial charge in [0.15, 0.2) is 11.6 Å². The molecule has 1 saturated carbocycles. The number of aromatic nitrogens is 3. The largest absolute Gasteiger partial charge is 0.489 e. The molecule has 2 aromatic carbocycles. The first-order valence-corrected chi connectivity index (χ1v) is 15.0. The van der Waals surface area contributed by atoms with Crippen molar-refractivity contribution in [2.24, 2.45) is 0 Å². The molecule has 1 aliphatic rings. The third kappa shape index (κ3) is 6.05. The molecule has 0 atom stereocenters. The SMILES string of the molecule is C[Si](C)(C)CCOCn1nc(C2CCC2)nc1-c1ccc(OCc2ccccc2)cc1. The predicted octanol–water partition coefficient (Wildman–Crippen LogP) is 6.10. The summed E-state index contributed by atoms with van der Waals surface area (Å²) >= 11 is 0. The molecule has 5 nitrogen and oxygen atoms in total. The molecule has 0 aliphatic heterocycles. The van der Waals surface area contributed by atoms with Gasteiger partial charge in [0.2, 0.25) is 0 Å². The second kappa shape index (κ2) is 9.79. The van der Waals surface area contributed by atoms with E-state index in [-0.39, 0.29) is 0 Å². The van der Waals surface area contributed by atoms with Crippen molar-refractivity contribution in [3.8, 4) is 17.1 Å². The van der Waals surface area contributed by atoms with Crippen LogP contribution in [0.15, 0.2) is 54.6 Å². The van der Waals surface area contributed by atoms with E-state index in [4.69, 9.17) is 19.6 Å². The van der Waals surface area contributed by atoms with Crippen LogP contribution in [-0.4, -0.2) is 29.4 Å². The van der Waals surface area contributed by atoms with Crippen LogP contribution >= 0.6 is 0 Å². The Labute approximate surface area is 186 Å². The van der Waals surface area contributed by atoms with E-state index in [1.807, 2.05) is 35.0 Å². The molecular weight excluding hydrogens is 402 g/mol. The minimum absolute atomic E-state index is 0.450. The van der Waals surface area contributed by atoms with Crippen molar-refractivity contribution >= 4 is 8.07 Å². The van der Waals surface area contributed by atoms with E-state index in [1.54, 1.807) is 0 Å². The van der Waals surface area contributed by atoms with E-state index in [0.717, 1.165) is 41.2 Å². The first-order valence-electron chi connectivity index (χ1n) is 11.3. The summed E-state index contributed by atoms with van der Waals surface area (Å²) in [5.74, 6) is 3.18. The van der Waals surface area contributed by atoms with Gasteiger partial charge in [-0.1, -0.05) is 56.4 Å². The number of ether oxygens (including phenoxy) is 2. The average Bonchev–Trinajstić information content (AvgIpc) is 3.12. The van der Waals surface area contributed by atoms with E-state index in [2.05, 4.69) is 43.9 Å². The first-order chi connectivity index (χ1) is 15.0. The Morgan fingerprint density at radius 3 is 2.39 bits per heavy atom. The van der Waals surface area contributed by atoms with Crippen LogP contribution in [-0.2, 0) is 18.1 Å². The van der Waals surface area contributed by atoms with Crippen LogP contribution in [0.25, 0.3) is 11.4 Å². The summed E-state index contributed by atoms with van der Waals surface area (Å²) in [6.45, 7) is 8.90. The van der Waals surface area contributed by atoms with Crippen LogP contribution < -0.4 is 4.74 Å². The normalized spacial score (nSPS) is 14.4. The number of hydrogen-bond donors (Lipinski definition) is 0. The van der Waals surface area contributed by atoms with Crippen molar-refractivity contribution in [2.45, 2.75) is 64.2 Å². The van der Waals surface area contributed by atoms with Crippen LogP contribution in [0.2, 0.25) is 25.7 Å².